The van der Waals surface area contributed by atoms with E-state index in [9.17, 15) is 14.4 Å². The summed E-state index contributed by atoms with van der Waals surface area (Å²) in [5, 5.41) is 3.11. The zero-order valence-electron chi connectivity index (χ0n) is 24.2. The van der Waals surface area contributed by atoms with Crippen molar-refractivity contribution in [2.75, 3.05) is 26.7 Å². The lowest BCUT2D eigenvalue weighted by Crippen LogP contribution is -2.58. The van der Waals surface area contributed by atoms with Crippen molar-refractivity contribution in [3.05, 3.63) is 11.6 Å². The molecule has 7 heteroatoms. The Morgan fingerprint density at radius 3 is 1.97 bits per heavy atom. The van der Waals surface area contributed by atoms with E-state index < -0.39 is 6.04 Å². The van der Waals surface area contributed by atoms with Gasteiger partial charge in [0.05, 0.1) is 12.1 Å². The van der Waals surface area contributed by atoms with Crippen LogP contribution in [0.25, 0.3) is 0 Å². The summed E-state index contributed by atoms with van der Waals surface area (Å²) in [7, 11) is 1.80. The van der Waals surface area contributed by atoms with Crippen LogP contribution in [0.15, 0.2) is 11.6 Å². The van der Waals surface area contributed by atoms with Crippen molar-refractivity contribution in [3.8, 4) is 0 Å². The molecule has 0 aromatic rings. The SMILES string of the molecule is CC(=C[C@H](C(C)C)N(C)C(=O)[C@@H](NC(=O)[C@H]1CCCCN1C(C)C)C(C)C)C(=O)N1CCCCCC1. The minimum absolute atomic E-state index is 0.0448. The van der Waals surface area contributed by atoms with Gasteiger partial charge in [0.25, 0.3) is 0 Å². The molecule has 2 heterocycles. The minimum atomic E-state index is -0.602. The smallest absolute Gasteiger partial charge is 0.249 e. The molecule has 0 radical (unpaired) electrons. The number of nitrogens with zero attached hydrogens (tertiary/aromatic N) is 3. The molecule has 3 amide bonds. The normalized spacial score (nSPS) is 21.9. The van der Waals surface area contributed by atoms with Crippen LogP contribution < -0.4 is 5.32 Å². The van der Waals surface area contributed by atoms with Crippen LogP contribution >= 0.6 is 0 Å². The molecule has 2 rings (SSSR count). The molecule has 0 bridgehead atoms. The molecule has 0 aromatic carbocycles. The number of nitrogens with one attached hydrogen (secondary N) is 1. The van der Waals surface area contributed by atoms with Crippen molar-refractivity contribution < 1.29 is 14.4 Å². The zero-order chi connectivity index (χ0) is 27.0. The molecule has 3 atom stereocenters. The molecule has 0 spiro atoms. The van der Waals surface area contributed by atoms with Crippen LogP contribution in [0.1, 0.15) is 93.4 Å². The van der Waals surface area contributed by atoms with Gasteiger partial charge in [-0.05, 0) is 64.8 Å². The lowest BCUT2D eigenvalue weighted by atomic mass is 9.95. The highest BCUT2D eigenvalue weighted by molar-refractivity contribution is 5.93. The molecule has 2 fully saturated rings. The maximum absolute atomic E-state index is 13.7. The molecule has 2 aliphatic heterocycles. The van der Waals surface area contributed by atoms with E-state index in [-0.39, 0.29) is 47.7 Å². The van der Waals surface area contributed by atoms with E-state index in [1.165, 1.54) is 12.8 Å². The van der Waals surface area contributed by atoms with E-state index in [2.05, 4.69) is 37.9 Å². The number of piperidine rings is 1. The Morgan fingerprint density at radius 2 is 1.44 bits per heavy atom. The standard InChI is InChI=1S/C29H52N4O3/c1-20(2)25(19-23(7)28(35)32-16-12-9-10-13-17-32)31(8)29(36)26(21(3)4)30-27(34)24-15-11-14-18-33(24)22(5)6/h19-22,24-26H,9-18H2,1-8H3,(H,30,34)/t24-,25-,26+/m1/s1. The number of carbonyl (C=O) groups is 3. The topological polar surface area (TPSA) is 73.0 Å². The molecule has 36 heavy (non-hydrogen) atoms. The fraction of sp³-hybridized carbons (Fsp3) is 0.828. The second-order valence-electron chi connectivity index (χ2n) is 11.8. The Labute approximate surface area is 220 Å². The van der Waals surface area contributed by atoms with Crippen LogP contribution in [0.2, 0.25) is 0 Å². The van der Waals surface area contributed by atoms with Gasteiger partial charge < -0.3 is 15.1 Å². The molecule has 2 saturated heterocycles. The average Bonchev–Trinajstić information content (AvgIpc) is 3.13. The molecular formula is C29H52N4O3. The molecule has 206 valence electrons. The Kier molecular flexibility index (Phi) is 11.9. The quantitative estimate of drug-likeness (QED) is 0.477. The van der Waals surface area contributed by atoms with Gasteiger partial charge in [0.2, 0.25) is 17.7 Å². The van der Waals surface area contributed by atoms with Crippen LogP contribution in [0.4, 0.5) is 0 Å². The third kappa shape index (κ3) is 8.06. The lowest BCUT2D eigenvalue weighted by Gasteiger charge is -2.39. The van der Waals surface area contributed by atoms with Crippen LogP contribution in [0.3, 0.4) is 0 Å². The van der Waals surface area contributed by atoms with Gasteiger partial charge >= 0.3 is 0 Å². The van der Waals surface area contributed by atoms with E-state index in [0.29, 0.717) is 5.57 Å². The second kappa shape index (κ2) is 14.2. The Bertz CT molecular complexity index is 768. The fourth-order valence-corrected chi connectivity index (χ4v) is 5.58. The number of amides is 3. The molecule has 0 saturated carbocycles. The van der Waals surface area contributed by atoms with Gasteiger partial charge in [-0.2, -0.15) is 0 Å². The first-order chi connectivity index (χ1) is 17.0. The highest BCUT2D eigenvalue weighted by Crippen LogP contribution is 2.22. The summed E-state index contributed by atoms with van der Waals surface area (Å²) < 4.78 is 0. The summed E-state index contributed by atoms with van der Waals surface area (Å²) in [5.74, 6) is 0.00663. The van der Waals surface area contributed by atoms with E-state index in [1.54, 1.807) is 11.9 Å². The van der Waals surface area contributed by atoms with Gasteiger partial charge in [0.1, 0.15) is 6.04 Å². The maximum Gasteiger partial charge on any atom is 0.249 e. The summed E-state index contributed by atoms with van der Waals surface area (Å²) in [4.78, 5) is 46.2. The first kappa shape index (κ1) is 30.3. The summed E-state index contributed by atoms with van der Waals surface area (Å²) in [5.41, 5.74) is 0.690. The van der Waals surface area contributed by atoms with Gasteiger partial charge in [-0.25, -0.2) is 0 Å². The van der Waals surface area contributed by atoms with Crippen LogP contribution in [0.5, 0.6) is 0 Å². The number of hydrogen-bond acceptors (Lipinski definition) is 4. The summed E-state index contributed by atoms with van der Waals surface area (Å²) in [6.45, 7) is 16.7. The largest absolute Gasteiger partial charge is 0.343 e. The summed E-state index contributed by atoms with van der Waals surface area (Å²) >= 11 is 0. The number of hydrogen-bond donors (Lipinski definition) is 1. The zero-order valence-corrected chi connectivity index (χ0v) is 24.2. The summed E-state index contributed by atoms with van der Waals surface area (Å²) in [6, 6.07) is -0.729. The van der Waals surface area contributed by atoms with Crippen molar-refractivity contribution in [1.29, 1.82) is 0 Å². The fourth-order valence-electron chi connectivity index (χ4n) is 5.58. The number of likely N-dealkylation sites (tertiary alicyclic amines) is 2. The highest BCUT2D eigenvalue weighted by Gasteiger charge is 2.36. The van der Waals surface area contributed by atoms with Crippen LogP contribution in [0, 0.1) is 11.8 Å². The Hall–Kier alpha value is -1.89. The summed E-state index contributed by atoms with van der Waals surface area (Å²) in [6.07, 6.45) is 9.38. The van der Waals surface area contributed by atoms with Gasteiger partial charge in [-0.3, -0.25) is 19.3 Å². The average molecular weight is 505 g/mol. The lowest BCUT2D eigenvalue weighted by molar-refractivity contribution is -0.140. The van der Waals surface area contributed by atoms with Crippen molar-refractivity contribution in [1.82, 2.24) is 20.0 Å². The maximum atomic E-state index is 13.7. The van der Waals surface area contributed by atoms with Crippen molar-refractivity contribution in [3.63, 3.8) is 0 Å². The minimum Gasteiger partial charge on any atom is -0.343 e. The Balaban J connectivity index is 2.17. The van der Waals surface area contributed by atoms with Gasteiger partial charge in [-0.15, -0.1) is 0 Å². The first-order valence-electron chi connectivity index (χ1n) is 14.3. The van der Waals surface area contributed by atoms with Crippen molar-refractivity contribution in [2.45, 2.75) is 118 Å². The number of likely N-dealkylation sites (N-methyl/N-ethyl adjacent to an activating group) is 1. The molecule has 2 aliphatic rings. The third-order valence-corrected chi connectivity index (χ3v) is 7.87. The van der Waals surface area contributed by atoms with Gasteiger partial charge in [-0.1, -0.05) is 53.0 Å². The monoisotopic (exact) mass is 504 g/mol. The van der Waals surface area contributed by atoms with E-state index in [1.807, 2.05) is 31.7 Å². The second-order valence-corrected chi connectivity index (χ2v) is 11.8. The highest BCUT2D eigenvalue weighted by atomic mass is 16.2. The third-order valence-electron chi connectivity index (χ3n) is 7.87. The molecule has 1 N–H and O–H groups in total. The Morgan fingerprint density at radius 1 is 0.861 bits per heavy atom. The number of rotatable bonds is 9. The van der Waals surface area contributed by atoms with Gasteiger partial charge in [0.15, 0.2) is 0 Å². The van der Waals surface area contributed by atoms with Crippen molar-refractivity contribution in [2.24, 2.45) is 11.8 Å². The molecule has 0 unspecified atom stereocenters. The first-order valence-corrected chi connectivity index (χ1v) is 14.3. The van der Waals surface area contributed by atoms with E-state index in [4.69, 9.17) is 0 Å². The molecule has 0 aliphatic carbocycles. The van der Waals surface area contributed by atoms with Crippen LogP contribution in [-0.2, 0) is 14.4 Å². The van der Waals surface area contributed by atoms with Gasteiger partial charge in [0, 0.05) is 31.8 Å². The molecular weight excluding hydrogens is 452 g/mol. The van der Waals surface area contributed by atoms with Crippen LogP contribution in [-0.4, -0.2) is 83.3 Å². The van der Waals surface area contributed by atoms with E-state index >= 15 is 0 Å². The molecule has 0 aromatic heterocycles. The predicted octanol–water partition coefficient (Wildman–Crippen LogP) is 4.22. The predicted molar refractivity (Wildman–Crippen MR) is 146 cm³/mol. The van der Waals surface area contributed by atoms with E-state index in [0.717, 1.165) is 51.7 Å². The van der Waals surface area contributed by atoms with Crippen molar-refractivity contribution >= 4 is 17.7 Å². The molecule has 7 nitrogen and oxygen atoms in total. The number of carbonyl (C=O) groups excluding carboxylic acids is 3.